The monoisotopic (exact) mass is 191 g/mol. The first-order chi connectivity index (χ1) is 5.64. The highest BCUT2D eigenvalue weighted by Crippen LogP contribution is 2.01. The van der Waals surface area contributed by atoms with E-state index in [0.29, 0.717) is 0 Å². The summed E-state index contributed by atoms with van der Waals surface area (Å²) in [5, 5.41) is 3.26. The number of amides is 1. The largest absolute Gasteiger partial charge is 0.363 e. The standard InChI is InChI=1S/C4H5N3O4S/c8-3-5-12(9,10)7-4-1-2-11-6-4/h1-3H,(H,5,8)(H,6,7). The normalized spacial score (nSPS) is 10.7. The molecule has 0 aliphatic rings. The summed E-state index contributed by atoms with van der Waals surface area (Å²) in [6.07, 6.45) is 1.24. The Morgan fingerprint density at radius 1 is 1.58 bits per heavy atom. The predicted octanol–water partition coefficient (Wildman–Crippen LogP) is -0.923. The van der Waals surface area contributed by atoms with Crippen LogP contribution in [0.4, 0.5) is 5.82 Å². The van der Waals surface area contributed by atoms with E-state index in [4.69, 9.17) is 0 Å². The molecular formula is C4H5N3O4S. The van der Waals surface area contributed by atoms with Crippen LogP contribution in [0.15, 0.2) is 16.9 Å². The number of anilines is 1. The Bertz CT molecular complexity index is 342. The highest BCUT2D eigenvalue weighted by molar-refractivity contribution is 7.91. The van der Waals surface area contributed by atoms with Crippen molar-refractivity contribution < 1.29 is 17.7 Å². The molecule has 0 saturated carbocycles. The summed E-state index contributed by atoms with van der Waals surface area (Å²) in [6, 6.07) is 1.30. The Morgan fingerprint density at radius 3 is 2.83 bits per heavy atom. The number of carbonyl (C=O) groups excluding carboxylic acids is 1. The number of nitrogens with zero attached hydrogens (tertiary/aromatic N) is 1. The zero-order valence-electron chi connectivity index (χ0n) is 5.72. The molecule has 0 atom stereocenters. The molecule has 0 radical (unpaired) electrons. The van der Waals surface area contributed by atoms with Crippen LogP contribution in [0.3, 0.4) is 0 Å². The summed E-state index contributed by atoms with van der Waals surface area (Å²) in [6.45, 7) is 0. The van der Waals surface area contributed by atoms with Crippen molar-refractivity contribution in [1.82, 2.24) is 9.88 Å². The van der Waals surface area contributed by atoms with Crippen molar-refractivity contribution in [2.45, 2.75) is 0 Å². The van der Waals surface area contributed by atoms with Crippen molar-refractivity contribution in [3.8, 4) is 0 Å². The SMILES string of the molecule is O=CNS(=O)(=O)Nc1ccon1. The number of hydrogen-bond acceptors (Lipinski definition) is 5. The smallest absolute Gasteiger partial charge is 0.324 e. The molecular weight excluding hydrogens is 186 g/mol. The fourth-order valence-corrected chi connectivity index (χ4v) is 1.06. The zero-order chi connectivity index (χ0) is 9.03. The molecule has 1 aromatic heterocycles. The van der Waals surface area contributed by atoms with E-state index in [1.165, 1.54) is 12.3 Å². The van der Waals surface area contributed by atoms with E-state index >= 15 is 0 Å². The molecule has 8 heteroatoms. The molecule has 2 N–H and O–H groups in total. The number of hydrogen-bond donors (Lipinski definition) is 2. The summed E-state index contributed by atoms with van der Waals surface area (Å²) in [4.78, 5) is 9.77. The molecule has 0 unspecified atom stereocenters. The van der Waals surface area contributed by atoms with Gasteiger partial charge in [0.2, 0.25) is 6.41 Å². The summed E-state index contributed by atoms with van der Waals surface area (Å²) in [5.41, 5.74) is 0. The van der Waals surface area contributed by atoms with Gasteiger partial charge in [0, 0.05) is 6.07 Å². The van der Waals surface area contributed by atoms with Crippen molar-refractivity contribution in [2.75, 3.05) is 4.72 Å². The molecule has 0 saturated heterocycles. The van der Waals surface area contributed by atoms with Gasteiger partial charge in [-0.2, -0.15) is 8.42 Å². The van der Waals surface area contributed by atoms with Crippen LogP contribution >= 0.6 is 0 Å². The van der Waals surface area contributed by atoms with Crippen LogP contribution in [0, 0.1) is 0 Å². The third-order valence-corrected chi connectivity index (χ3v) is 1.76. The molecule has 1 heterocycles. The average molecular weight is 191 g/mol. The van der Waals surface area contributed by atoms with Crippen LogP contribution in [0.2, 0.25) is 0 Å². The second-order valence-corrected chi connectivity index (χ2v) is 3.17. The Labute approximate surface area is 67.9 Å². The molecule has 0 aliphatic carbocycles. The van der Waals surface area contributed by atoms with E-state index in [1.807, 2.05) is 4.72 Å². The summed E-state index contributed by atoms with van der Waals surface area (Å²) in [7, 11) is -3.85. The van der Waals surface area contributed by atoms with Gasteiger partial charge >= 0.3 is 10.2 Å². The second kappa shape index (κ2) is 3.22. The molecule has 1 rings (SSSR count). The molecule has 66 valence electrons. The Hall–Kier alpha value is -1.57. The van der Waals surface area contributed by atoms with Gasteiger partial charge in [0.25, 0.3) is 0 Å². The maximum absolute atomic E-state index is 10.8. The van der Waals surface area contributed by atoms with Crippen LogP contribution in [0.1, 0.15) is 0 Å². The molecule has 0 fully saturated rings. The van der Waals surface area contributed by atoms with Crippen LogP contribution in [0.25, 0.3) is 0 Å². The van der Waals surface area contributed by atoms with E-state index in [0.717, 1.165) is 0 Å². The van der Waals surface area contributed by atoms with Gasteiger partial charge in [0.15, 0.2) is 5.82 Å². The van der Waals surface area contributed by atoms with Crippen LogP contribution in [0.5, 0.6) is 0 Å². The van der Waals surface area contributed by atoms with Gasteiger partial charge in [0.1, 0.15) is 6.26 Å². The molecule has 1 amide bonds. The minimum atomic E-state index is -3.85. The van der Waals surface area contributed by atoms with Crippen LogP contribution < -0.4 is 9.44 Å². The lowest BCUT2D eigenvalue weighted by Crippen LogP contribution is -2.28. The molecule has 0 bridgehead atoms. The number of nitrogens with one attached hydrogen (secondary N) is 2. The molecule has 0 aliphatic heterocycles. The Morgan fingerprint density at radius 2 is 2.33 bits per heavy atom. The average Bonchev–Trinajstić information content (AvgIpc) is 2.38. The van der Waals surface area contributed by atoms with Crippen molar-refractivity contribution in [2.24, 2.45) is 0 Å². The molecule has 0 aromatic carbocycles. The molecule has 1 aromatic rings. The van der Waals surface area contributed by atoms with Gasteiger partial charge in [-0.1, -0.05) is 5.16 Å². The lowest BCUT2D eigenvalue weighted by Gasteiger charge is -2.00. The highest BCUT2D eigenvalue weighted by atomic mass is 32.2. The molecule has 0 spiro atoms. The van der Waals surface area contributed by atoms with Crippen molar-refractivity contribution >= 4 is 22.4 Å². The quantitative estimate of drug-likeness (QED) is 0.599. The fourth-order valence-electron chi connectivity index (χ4n) is 0.496. The van der Waals surface area contributed by atoms with Crippen LogP contribution in [-0.4, -0.2) is 20.0 Å². The van der Waals surface area contributed by atoms with Gasteiger partial charge in [-0.3, -0.25) is 4.79 Å². The number of rotatable bonds is 4. The van der Waals surface area contributed by atoms with E-state index in [9.17, 15) is 13.2 Å². The molecule has 12 heavy (non-hydrogen) atoms. The first-order valence-electron chi connectivity index (χ1n) is 2.78. The van der Waals surface area contributed by atoms with Crippen molar-refractivity contribution in [1.29, 1.82) is 0 Å². The summed E-state index contributed by atoms with van der Waals surface area (Å²) >= 11 is 0. The third-order valence-electron chi connectivity index (χ3n) is 0.880. The van der Waals surface area contributed by atoms with E-state index in [2.05, 4.69) is 9.68 Å². The first kappa shape index (κ1) is 8.53. The first-order valence-corrected chi connectivity index (χ1v) is 4.26. The Balaban J connectivity index is 2.69. The second-order valence-electron chi connectivity index (χ2n) is 1.73. The number of aromatic nitrogens is 1. The van der Waals surface area contributed by atoms with Gasteiger partial charge in [0.05, 0.1) is 0 Å². The minimum absolute atomic E-state index is 0.00403. The topological polar surface area (TPSA) is 101 Å². The van der Waals surface area contributed by atoms with Crippen molar-refractivity contribution in [3.63, 3.8) is 0 Å². The summed E-state index contributed by atoms with van der Waals surface area (Å²) < 4.78 is 29.4. The van der Waals surface area contributed by atoms with E-state index in [-0.39, 0.29) is 12.2 Å². The maximum Gasteiger partial charge on any atom is 0.324 e. The Kier molecular flexibility index (Phi) is 2.29. The summed E-state index contributed by atoms with van der Waals surface area (Å²) in [5.74, 6) is 0.00403. The highest BCUT2D eigenvalue weighted by Gasteiger charge is 2.08. The van der Waals surface area contributed by atoms with E-state index < -0.39 is 10.2 Å². The van der Waals surface area contributed by atoms with E-state index in [1.54, 1.807) is 4.72 Å². The predicted molar refractivity (Wildman–Crippen MR) is 38.2 cm³/mol. The lowest BCUT2D eigenvalue weighted by molar-refractivity contribution is -0.108. The lowest BCUT2D eigenvalue weighted by atomic mass is 10.7. The third kappa shape index (κ3) is 2.23. The van der Waals surface area contributed by atoms with Gasteiger partial charge < -0.3 is 4.52 Å². The maximum atomic E-state index is 10.8. The van der Waals surface area contributed by atoms with Gasteiger partial charge in [-0.15, -0.1) is 0 Å². The van der Waals surface area contributed by atoms with Gasteiger partial charge in [-0.05, 0) is 0 Å². The fraction of sp³-hybridized carbons (Fsp3) is 0. The number of carbonyl (C=O) groups is 1. The van der Waals surface area contributed by atoms with Gasteiger partial charge in [-0.25, -0.2) is 9.44 Å². The van der Waals surface area contributed by atoms with Crippen molar-refractivity contribution in [3.05, 3.63) is 12.3 Å². The molecule has 7 nitrogen and oxygen atoms in total. The van der Waals surface area contributed by atoms with Crippen LogP contribution in [-0.2, 0) is 15.0 Å². The zero-order valence-corrected chi connectivity index (χ0v) is 6.54. The minimum Gasteiger partial charge on any atom is -0.363 e.